The summed E-state index contributed by atoms with van der Waals surface area (Å²) in [4.78, 5) is 25.8. The van der Waals surface area contributed by atoms with E-state index in [1.165, 1.54) is 12.1 Å². The van der Waals surface area contributed by atoms with Gasteiger partial charge in [-0.1, -0.05) is 19.6 Å². The van der Waals surface area contributed by atoms with Gasteiger partial charge in [0, 0.05) is 25.7 Å². The highest BCUT2D eigenvalue weighted by atomic mass is 19.1. The average molecular weight is 439 g/mol. The molecule has 3 heterocycles. The van der Waals surface area contributed by atoms with Gasteiger partial charge in [0.2, 0.25) is 5.91 Å². The number of amides is 1. The highest BCUT2D eigenvalue weighted by Crippen LogP contribution is 2.33. The van der Waals surface area contributed by atoms with Gasteiger partial charge >= 0.3 is 0 Å². The molecular formula is C24H31FN6O. The van der Waals surface area contributed by atoms with E-state index >= 15 is 0 Å². The summed E-state index contributed by atoms with van der Waals surface area (Å²) in [5.41, 5.74) is 2.87. The first-order valence-corrected chi connectivity index (χ1v) is 10.7. The van der Waals surface area contributed by atoms with E-state index in [1.807, 2.05) is 42.7 Å². The van der Waals surface area contributed by atoms with Crippen molar-refractivity contribution in [3.63, 3.8) is 0 Å². The van der Waals surface area contributed by atoms with Crippen LogP contribution in [0.2, 0.25) is 0 Å². The smallest absolute Gasteiger partial charge is 0.249 e. The number of benzene rings is 1. The van der Waals surface area contributed by atoms with Crippen LogP contribution in [0.25, 0.3) is 0 Å². The Morgan fingerprint density at radius 2 is 1.78 bits per heavy atom. The number of rotatable bonds is 7. The van der Waals surface area contributed by atoms with E-state index in [2.05, 4.69) is 10.1 Å². The van der Waals surface area contributed by atoms with Gasteiger partial charge in [0.25, 0.3) is 0 Å². The van der Waals surface area contributed by atoms with Crippen molar-refractivity contribution in [1.29, 1.82) is 0 Å². The first kappa shape index (κ1) is 23.4. The lowest BCUT2D eigenvalue weighted by Crippen LogP contribution is -2.52. The zero-order chi connectivity index (χ0) is 22.0. The topological polar surface area (TPSA) is 67.2 Å². The molecule has 0 spiro atoms. The monoisotopic (exact) mass is 438 g/mol. The van der Waals surface area contributed by atoms with Crippen LogP contribution in [0.15, 0.2) is 42.9 Å². The maximum absolute atomic E-state index is 13.1. The van der Waals surface area contributed by atoms with Crippen molar-refractivity contribution in [2.75, 3.05) is 22.9 Å². The van der Waals surface area contributed by atoms with Gasteiger partial charge in [0.05, 0.1) is 18.9 Å². The van der Waals surface area contributed by atoms with Gasteiger partial charge in [-0.25, -0.2) is 14.4 Å². The molecule has 0 aliphatic carbocycles. The Labute approximate surface area is 188 Å². The van der Waals surface area contributed by atoms with Crippen LogP contribution in [-0.4, -0.2) is 44.8 Å². The molecule has 1 aromatic carbocycles. The van der Waals surface area contributed by atoms with Gasteiger partial charge in [-0.2, -0.15) is 5.10 Å². The SMILES string of the molecule is C.CCN1C(=O)[C@@H](C)N(CC)c2nc(CCc3cnn(Cc4ccc(F)cc4)c3)ncc21. The lowest BCUT2D eigenvalue weighted by molar-refractivity contribution is -0.119. The van der Waals surface area contributed by atoms with Gasteiger partial charge < -0.3 is 9.80 Å². The van der Waals surface area contributed by atoms with Gasteiger partial charge in [0.15, 0.2) is 5.82 Å². The molecular weight excluding hydrogens is 407 g/mol. The molecule has 0 radical (unpaired) electrons. The third-order valence-electron chi connectivity index (χ3n) is 5.69. The summed E-state index contributed by atoms with van der Waals surface area (Å²) in [5.74, 6) is 1.42. The largest absolute Gasteiger partial charge is 0.343 e. The van der Waals surface area contributed by atoms with Crippen molar-refractivity contribution in [3.8, 4) is 0 Å². The number of hydrogen-bond donors (Lipinski definition) is 0. The number of carbonyl (C=O) groups is 1. The maximum Gasteiger partial charge on any atom is 0.249 e. The molecule has 1 aliphatic heterocycles. The van der Waals surface area contributed by atoms with E-state index in [0.717, 1.165) is 34.9 Å². The van der Waals surface area contributed by atoms with Crippen LogP contribution < -0.4 is 9.80 Å². The van der Waals surface area contributed by atoms with E-state index in [-0.39, 0.29) is 25.2 Å². The zero-order valence-corrected chi connectivity index (χ0v) is 18.1. The minimum absolute atomic E-state index is 0. The molecule has 0 bridgehead atoms. The van der Waals surface area contributed by atoms with Crippen molar-refractivity contribution in [1.82, 2.24) is 19.7 Å². The Balaban J connectivity index is 0.00000289. The standard InChI is InChI=1S/C23H27FN6O.CH4/c1-4-29-16(3)23(31)30(5-2)20-13-25-21(27-22(20)29)11-8-18-12-26-28(15-18)14-17-6-9-19(24)10-7-17;/h6-7,9-10,12-13,15-16H,4-5,8,11,14H2,1-3H3;1H4/t16-;/m1./s1. The lowest BCUT2D eigenvalue weighted by atomic mass is 10.1. The molecule has 0 N–H and O–H groups in total. The normalized spacial score (nSPS) is 15.5. The number of hydrogen-bond acceptors (Lipinski definition) is 5. The fourth-order valence-electron chi connectivity index (χ4n) is 3.99. The van der Waals surface area contributed by atoms with Crippen molar-refractivity contribution >= 4 is 17.4 Å². The fraction of sp³-hybridized carbons (Fsp3) is 0.417. The predicted molar refractivity (Wildman–Crippen MR) is 124 cm³/mol. The first-order valence-electron chi connectivity index (χ1n) is 10.7. The first-order chi connectivity index (χ1) is 15.0. The molecule has 7 nitrogen and oxygen atoms in total. The van der Waals surface area contributed by atoms with E-state index in [9.17, 15) is 9.18 Å². The molecule has 1 aliphatic rings. The molecule has 3 aromatic rings. The van der Waals surface area contributed by atoms with Crippen molar-refractivity contribution in [3.05, 3.63) is 65.6 Å². The second kappa shape index (κ2) is 9.89. The number of anilines is 2. The van der Waals surface area contributed by atoms with Crippen LogP contribution in [0.1, 0.15) is 45.1 Å². The Morgan fingerprint density at radius 1 is 1.03 bits per heavy atom. The van der Waals surface area contributed by atoms with Crippen molar-refractivity contribution in [2.45, 2.75) is 53.6 Å². The minimum atomic E-state index is -0.239. The molecule has 1 atom stereocenters. The van der Waals surface area contributed by atoms with Crippen LogP contribution in [0, 0.1) is 5.82 Å². The minimum Gasteiger partial charge on any atom is -0.343 e. The summed E-state index contributed by atoms with van der Waals surface area (Å²) in [6.45, 7) is 7.84. The summed E-state index contributed by atoms with van der Waals surface area (Å²) in [5, 5.41) is 4.41. The third-order valence-corrected chi connectivity index (χ3v) is 5.69. The second-order valence-corrected chi connectivity index (χ2v) is 7.71. The fourth-order valence-corrected chi connectivity index (χ4v) is 3.99. The Morgan fingerprint density at radius 3 is 2.47 bits per heavy atom. The van der Waals surface area contributed by atoms with Crippen LogP contribution in [0.4, 0.5) is 15.9 Å². The van der Waals surface area contributed by atoms with Crippen molar-refractivity contribution in [2.24, 2.45) is 0 Å². The molecule has 32 heavy (non-hydrogen) atoms. The summed E-state index contributed by atoms with van der Waals surface area (Å²) in [6, 6.07) is 6.22. The van der Waals surface area contributed by atoms with E-state index in [1.54, 1.807) is 23.2 Å². The highest BCUT2D eigenvalue weighted by Gasteiger charge is 2.35. The molecule has 0 fully saturated rings. The highest BCUT2D eigenvalue weighted by molar-refractivity contribution is 6.04. The Hall–Kier alpha value is -3.29. The Bertz CT molecular complexity index is 1060. The quantitative estimate of drug-likeness (QED) is 0.560. The number of aromatic nitrogens is 4. The van der Waals surface area contributed by atoms with E-state index in [4.69, 9.17) is 4.98 Å². The maximum atomic E-state index is 13.1. The average Bonchev–Trinajstić information content (AvgIpc) is 3.22. The molecule has 0 saturated heterocycles. The molecule has 170 valence electrons. The van der Waals surface area contributed by atoms with Crippen LogP contribution in [0.3, 0.4) is 0 Å². The number of carbonyl (C=O) groups excluding carboxylic acids is 1. The summed E-state index contributed by atoms with van der Waals surface area (Å²) >= 11 is 0. The third kappa shape index (κ3) is 4.64. The number of aryl methyl sites for hydroxylation is 2. The summed E-state index contributed by atoms with van der Waals surface area (Å²) in [7, 11) is 0. The number of nitrogens with zero attached hydrogens (tertiary/aromatic N) is 6. The summed E-state index contributed by atoms with van der Waals surface area (Å²) < 4.78 is 14.9. The summed E-state index contributed by atoms with van der Waals surface area (Å²) in [6.07, 6.45) is 7.06. The van der Waals surface area contributed by atoms with Gasteiger partial charge in [0.1, 0.15) is 23.4 Å². The van der Waals surface area contributed by atoms with Gasteiger partial charge in [-0.3, -0.25) is 9.48 Å². The predicted octanol–water partition coefficient (Wildman–Crippen LogP) is 3.86. The van der Waals surface area contributed by atoms with E-state index in [0.29, 0.717) is 26.1 Å². The van der Waals surface area contributed by atoms with E-state index < -0.39 is 0 Å². The molecule has 8 heteroatoms. The zero-order valence-electron chi connectivity index (χ0n) is 18.1. The molecule has 0 unspecified atom stereocenters. The molecule has 4 rings (SSSR count). The molecule has 1 amide bonds. The molecule has 2 aromatic heterocycles. The second-order valence-electron chi connectivity index (χ2n) is 7.71. The molecule has 0 saturated carbocycles. The van der Waals surface area contributed by atoms with Crippen LogP contribution in [-0.2, 0) is 24.2 Å². The van der Waals surface area contributed by atoms with Crippen LogP contribution >= 0.6 is 0 Å². The number of fused-ring (bicyclic) bond motifs is 1. The Kier molecular flexibility index (Phi) is 7.22. The number of halogens is 1. The van der Waals surface area contributed by atoms with Crippen LogP contribution in [0.5, 0.6) is 0 Å². The van der Waals surface area contributed by atoms with Crippen molar-refractivity contribution < 1.29 is 9.18 Å². The van der Waals surface area contributed by atoms with Gasteiger partial charge in [-0.15, -0.1) is 0 Å². The van der Waals surface area contributed by atoms with Gasteiger partial charge in [-0.05, 0) is 50.5 Å². The number of likely N-dealkylation sites (N-methyl/N-ethyl adjacent to an activating group) is 2. The lowest BCUT2D eigenvalue weighted by Gasteiger charge is -2.39.